The zero-order valence-electron chi connectivity index (χ0n) is 15.4. The largest absolute Gasteiger partial charge is 0.459 e. The number of esters is 1. The van der Waals surface area contributed by atoms with E-state index in [2.05, 4.69) is 12.2 Å². The van der Waals surface area contributed by atoms with Gasteiger partial charge in [0.15, 0.2) is 0 Å². The molecule has 2 atom stereocenters. The van der Waals surface area contributed by atoms with Crippen LogP contribution in [0.4, 0.5) is 4.79 Å². The van der Waals surface area contributed by atoms with E-state index < -0.39 is 11.0 Å². The lowest BCUT2D eigenvalue weighted by Crippen LogP contribution is -2.43. The van der Waals surface area contributed by atoms with Crippen LogP contribution < -0.4 is 5.32 Å². The van der Waals surface area contributed by atoms with Gasteiger partial charge in [-0.25, -0.2) is 4.79 Å². The third-order valence-corrected chi connectivity index (χ3v) is 5.28. The lowest BCUT2D eigenvalue weighted by molar-refractivity contribution is -0.174. The van der Waals surface area contributed by atoms with E-state index in [1.807, 2.05) is 20.8 Å². The molecule has 0 aromatic heterocycles. The van der Waals surface area contributed by atoms with E-state index in [4.69, 9.17) is 9.47 Å². The van der Waals surface area contributed by atoms with Crippen LogP contribution >= 0.6 is 0 Å². The number of ether oxygens (including phenoxy) is 2. The molecular formula is C18H33NO4. The Balaban J connectivity index is 2.76. The fourth-order valence-corrected chi connectivity index (χ4v) is 2.92. The molecule has 0 aromatic carbocycles. The summed E-state index contributed by atoms with van der Waals surface area (Å²) in [6, 6.07) is 0.0894. The normalized spacial score (nSPS) is 25.9. The fraction of sp³-hybridized carbons (Fsp3) is 0.889. The van der Waals surface area contributed by atoms with Crippen LogP contribution in [0.25, 0.3) is 0 Å². The molecule has 1 amide bonds. The minimum Gasteiger partial charge on any atom is -0.459 e. The van der Waals surface area contributed by atoms with Gasteiger partial charge < -0.3 is 14.8 Å². The average Bonchev–Trinajstić information content (AvgIpc) is 2.52. The van der Waals surface area contributed by atoms with Crippen molar-refractivity contribution in [3.63, 3.8) is 0 Å². The highest BCUT2D eigenvalue weighted by Crippen LogP contribution is 2.35. The van der Waals surface area contributed by atoms with Gasteiger partial charge in [0, 0.05) is 6.04 Å². The number of hydrogen-bond acceptors (Lipinski definition) is 4. The lowest BCUT2D eigenvalue weighted by atomic mass is 9.82. The maximum Gasteiger partial charge on any atom is 0.407 e. The van der Waals surface area contributed by atoms with Crippen molar-refractivity contribution in [2.24, 2.45) is 5.41 Å². The van der Waals surface area contributed by atoms with Gasteiger partial charge >= 0.3 is 12.1 Å². The van der Waals surface area contributed by atoms with Crippen LogP contribution in [0.15, 0.2) is 0 Å². The molecule has 0 aromatic rings. The van der Waals surface area contributed by atoms with Crippen molar-refractivity contribution in [2.75, 3.05) is 7.11 Å². The third kappa shape index (κ3) is 5.70. The summed E-state index contributed by atoms with van der Waals surface area (Å²) in [5, 5.41) is 2.89. The Morgan fingerprint density at radius 3 is 2.43 bits per heavy atom. The Bertz CT molecular complexity index is 408. The van der Waals surface area contributed by atoms with Gasteiger partial charge in [0.2, 0.25) is 0 Å². The molecule has 1 fully saturated rings. The first kappa shape index (κ1) is 19.8. The second kappa shape index (κ2) is 8.55. The van der Waals surface area contributed by atoms with E-state index in [9.17, 15) is 9.59 Å². The third-order valence-electron chi connectivity index (χ3n) is 5.28. The lowest BCUT2D eigenvalue weighted by Gasteiger charge is -2.38. The number of methoxy groups -OCH3 is 1. The van der Waals surface area contributed by atoms with E-state index >= 15 is 0 Å². The quantitative estimate of drug-likeness (QED) is 0.769. The molecule has 0 aliphatic heterocycles. The van der Waals surface area contributed by atoms with Gasteiger partial charge in [-0.2, -0.15) is 0 Å². The summed E-state index contributed by atoms with van der Waals surface area (Å²) >= 11 is 0. The van der Waals surface area contributed by atoms with Crippen molar-refractivity contribution in [3.8, 4) is 0 Å². The minimum atomic E-state index is -0.450. The molecule has 1 N–H and O–H groups in total. The van der Waals surface area contributed by atoms with Crippen LogP contribution in [0.2, 0.25) is 0 Å². The van der Waals surface area contributed by atoms with E-state index in [1.165, 1.54) is 7.11 Å². The molecule has 1 saturated carbocycles. The molecule has 23 heavy (non-hydrogen) atoms. The van der Waals surface area contributed by atoms with Crippen LogP contribution in [0.1, 0.15) is 79.1 Å². The molecule has 5 nitrogen and oxygen atoms in total. The monoisotopic (exact) mass is 327 g/mol. The number of carbonyl (C=O) groups excluding carboxylic acids is 2. The van der Waals surface area contributed by atoms with Crippen molar-refractivity contribution in [3.05, 3.63) is 0 Å². The van der Waals surface area contributed by atoms with Crippen LogP contribution in [0.3, 0.4) is 0 Å². The van der Waals surface area contributed by atoms with Crippen molar-refractivity contribution in [1.82, 2.24) is 5.32 Å². The topological polar surface area (TPSA) is 64.6 Å². The van der Waals surface area contributed by atoms with Crippen LogP contribution in [-0.4, -0.2) is 30.8 Å². The molecule has 0 heterocycles. The van der Waals surface area contributed by atoms with Gasteiger partial charge in [0.25, 0.3) is 0 Å². The highest BCUT2D eigenvalue weighted by Gasteiger charge is 2.38. The van der Waals surface area contributed by atoms with Crippen molar-refractivity contribution >= 4 is 12.1 Å². The van der Waals surface area contributed by atoms with E-state index in [0.717, 1.165) is 51.4 Å². The SMILES string of the molecule is CCC1(OC(=O)C(C)(C)CC)CCCCC(NC(=O)OC)CC1. The number of hydrogen-bond donors (Lipinski definition) is 1. The molecular weight excluding hydrogens is 294 g/mol. The number of carbonyl (C=O) groups is 2. The number of nitrogens with one attached hydrogen (secondary N) is 1. The maximum absolute atomic E-state index is 12.5. The first-order valence-corrected chi connectivity index (χ1v) is 8.86. The minimum absolute atomic E-state index is 0.0894. The smallest absolute Gasteiger partial charge is 0.407 e. The number of alkyl carbamates (subject to hydrolysis) is 1. The Labute approximate surface area is 140 Å². The Morgan fingerprint density at radius 2 is 1.87 bits per heavy atom. The van der Waals surface area contributed by atoms with E-state index in [0.29, 0.717) is 0 Å². The highest BCUT2D eigenvalue weighted by atomic mass is 16.6. The molecule has 134 valence electrons. The summed E-state index contributed by atoms with van der Waals surface area (Å²) in [5.41, 5.74) is -0.853. The average molecular weight is 327 g/mol. The first-order chi connectivity index (χ1) is 10.8. The molecule has 1 rings (SSSR count). The van der Waals surface area contributed by atoms with Gasteiger partial charge in [-0.15, -0.1) is 0 Å². The zero-order chi connectivity index (χ0) is 17.5. The van der Waals surface area contributed by atoms with Crippen molar-refractivity contribution in [1.29, 1.82) is 0 Å². The zero-order valence-corrected chi connectivity index (χ0v) is 15.4. The highest BCUT2D eigenvalue weighted by molar-refractivity contribution is 5.76. The van der Waals surface area contributed by atoms with Crippen LogP contribution in [-0.2, 0) is 14.3 Å². The van der Waals surface area contributed by atoms with Gasteiger partial charge in [0.1, 0.15) is 5.60 Å². The van der Waals surface area contributed by atoms with E-state index in [1.54, 1.807) is 0 Å². The summed E-state index contributed by atoms with van der Waals surface area (Å²) in [6.45, 7) is 7.96. The molecule has 0 radical (unpaired) electrons. The second-order valence-electron chi connectivity index (χ2n) is 7.28. The Hall–Kier alpha value is -1.26. The van der Waals surface area contributed by atoms with Gasteiger partial charge in [-0.1, -0.05) is 20.3 Å². The fourth-order valence-electron chi connectivity index (χ4n) is 2.92. The summed E-state index contributed by atoms with van der Waals surface area (Å²) < 4.78 is 10.7. The van der Waals surface area contributed by atoms with E-state index in [-0.39, 0.29) is 18.1 Å². The molecule has 0 saturated heterocycles. The number of rotatable bonds is 5. The number of amides is 1. The molecule has 1 aliphatic rings. The molecule has 1 aliphatic carbocycles. The van der Waals surface area contributed by atoms with Gasteiger partial charge in [-0.3, -0.25) is 4.79 Å². The first-order valence-electron chi connectivity index (χ1n) is 8.86. The maximum atomic E-state index is 12.5. The van der Waals surface area contributed by atoms with Gasteiger partial charge in [0.05, 0.1) is 12.5 Å². The molecule has 0 bridgehead atoms. The van der Waals surface area contributed by atoms with Gasteiger partial charge in [-0.05, 0) is 58.8 Å². The molecule has 2 unspecified atom stereocenters. The predicted octanol–water partition coefficient (Wildman–Crippen LogP) is 4.19. The summed E-state index contributed by atoms with van der Waals surface area (Å²) in [6.07, 6.45) is 6.65. The summed E-state index contributed by atoms with van der Waals surface area (Å²) in [4.78, 5) is 24.0. The molecule has 5 heteroatoms. The standard InChI is InChI=1S/C18H33NO4/c1-6-17(3,4)15(20)23-18(7-2)12-9-8-10-14(11-13-18)19-16(21)22-5/h14H,6-13H2,1-5H3,(H,19,21). The van der Waals surface area contributed by atoms with Crippen molar-refractivity contribution in [2.45, 2.75) is 90.7 Å². The van der Waals surface area contributed by atoms with Crippen LogP contribution in [0.5, 0.6) is 0 Å². The Morgan fingerprint density at radius 1 is 1.17 bits per heavy atom. The summed E-state index contributed by atoms with van der Waals surface area (Å²) in [7, 11) is 1.38. The van der Waals surface area contributed by atoms with Crippen molar-refractivity contribution < 1.29 is 19.1 Å². The van der Waals surface area contributed by atoms with Crippen LogP contribution in [0, 0.1) is 5.41 Å². The predicted molar refractivity (Wildman–Crippen MR) is 90.2 cm³/mol. The Kier molecular flexibility index (Phi) is 7.36. The second-order valence-corrected chi connectivity index (χ2v) is 7.28. The molecule has 0 spiro atoms. The summed E-state index contributed by atoms with van der Waals surface area (Å²) in [5.74, 6) is -0.111.